The van der Waals surface area contributed by atoms with Crippen LogP contribution in [0.4, 0.5) is 5.69 Å². The van der Waals surface area contributed by atoms with E-state index in [0.717, 1.165) is 28.7 Å². The van der Waals surface area contributed by atoms with Crippen molar-refractivity contribution in [1.82, 2.24) is 9.97 Å². The van der Waals surface area contributed by atoms with Crippen molar-refractivity contribution < 1.29 is 5.11 Å². The SMILES string of the molecule is NCc1cnc2[nH]ccc2c1N[C@H]1C=C2C3CC1CC3C[C@H]2O. The summed E-state index contributed by atoms with van der Waals surface area (Å²) >= 11 is 0. The second-order valence-corrected chi connectivity index (χ2v) is 7.29. The Labute approximate surface area is 135 Å². The Bertz CT molecular complexity index is 795. The number of fused-ring (bicyclic) bond motifs is 2. The molecule has 2 saturated carbocycles. The molecule has 5 nitrogen and oxygen atoms in total. The topological polar surface area (TPSA) is 87.0 Å². The number of anilines is 1. The van der Waals surface area contributed by atoms with E-state index in [0.29, 0.717) is 24.3 Å². The minimum absolute atomic E-state index is 0.228. The van der Waals surface area contributed by atoms with Crippen LogP contribution in [0.15, 0.2) is 30.1 Å². The van der Waals surface area contributed by atoms with Gasteiger partial charge in [-0.05, 0) is 48.7 Å². The van der Waals surface area contributed by atoms with Crippen molar-refractivity contribution in [2.45, 2.75) is 38.0 Å². The molecular formula is C18H22N4O. The van der Waals surface area contributed by atoms with Crippen LogP contribution >= 0.6 is 0 Å². The Morgan fingerprint density at radius 3 is 3.09 bits per heavy atom. The van der Waals surface area contributed by atoms with Crippen molar-refractivity contribution in [3.05, 3.63) is 35.7 Å². The monoisotopic (exact) mass is 310 g/mol. The summed E-state index contributed by atoms with van der Waals surface area (Å²) < 4.78 is 0. The summed E-state index contributed by atoms with van der Waals surface area (Å²) in [6.07, 6.45) is 9.24. The molecule has 23 heavy (non-hydrogen) atoms. The largest absolute Gasteiger partial charge is 0.389 e. The van der Waals surface area contributed by atoms with Gasteiger partial charge in [0.15, 0.2) is 0 Å². The molecule has 2 heterocycles. The number of H-pyrrole nitrogens is 1. The third-order valence-electron chi connectivity index (χ3n) is 6.15. The number of nitrogens with two attached hydrogens (primary N) is 1. The Morgan fingerprint density at radius 2 is 2.22 bits per heavy atom. The number of nitrogens with zero attached hydrogens (tertiary/aromatic N) is 1. The van der Waals surface area contributed by atoms with Crippen LogP contribution in [-0.2, 0) is 6.54 Å². The summed E-state index contributed by atoms with van der Waals surface area (Å²) in [5.41, 5.74) is 10.2. The lowest BCUT2D eigenvalue weighted by Gasteiger charge is -2.30. The molecule has 3 aliphatic rings. The highest BCUT2D eigenvalue weighted by atomic mass is 16.3. The van der Waals surface area contributed by atoms with E-state index in [9.17, 15) is 5.11 Å². The van der Waals surface area contributed by atoms with Crippen molar-refractivity contribution in [1.29, 1.82) is 0 Å². The normalized spacial score (nSPS) is 34.9. The van der Waals surface area contributed by atoms with Crippen molar-refractivity contribution in [2.24, 2.45) is 23.5 Å². The minimum Gasteiger partial charge on any atom is -0.389 e. The lowest BCUT2D eigenvalue weighted by molar-refractivity contribution is 0.198. The van der Waals surface area contributed by atoms with E-state index >= 15 is 0 Å². The predicted octanol–water partition coefficient (Wildman–Crippen LogP) is 2.15. The molecule has 5 atom stereocenters. The molecule has 5 rings (SSSR count). The van der Waals surface area contributed by atoms with Gasteiger partial charge in [0.25, 0.3) is 0 Å². The smallest absolute Gasteiger partial charge is 0.139 e. The summed E-state index contributed by atoms with van der Waals surface area (Å²) in [7, 11) is 0. The summed E-state index contributed by atoms with van der Waals surface area (Å²) in [5, 5.41) is 15.1. The predicted molar refractivity (Wildman–Crippen MR) is 89.8 cm³/mol. The van der Waals surface area contributed by atoms with Crippen molar-refractivity contribution >= 4 is 16.7 Å². The van der Waals surface area contributed by atoms with Gasteiger partial charge in [0.2, 0.25) is 0 Å². The lowest BCUT2D eigenvalue weighted by atomic mass is 9.85. The number of aliphatic hydroxyl groups excluding tert-OH is 1. The van der Waals surface area contributed by atoms with Gasteiger partial charge < -0.3 is 21.1 Å². The number of nitrogens with one attached hydrogen (secondary N) is 2. The number of aromatic nitrogens is 2. The maximum atomic E-state index is 10.3. The molecular weight excluding hydrogens is 288 g/mol. The van der Waals surface area contributed by atoms with Crippen LogP contribution in [0.25, 0.3) is 11.0 Å². The Morgan fingerprint density at radius 1 is 1.30 bits per heavy atom. The molecule has 120 valence electrons. The second kappa shape index (κ2) is 4.82. The van der Waals surface area contributed by atoms with Crippen LogP contribution in [0.2, 0.25) is 0 Å². The number of aliphatic hydroxyl groups is 1. The van der Waals surface area contributed by atoms with E-state index in [1.165, 1.54) is 18.4 Å². The van der Waals surface area contributed by atoms with Gasteiger partial charge in [-0.2, -0.15) is 0 Å². The van der Waals surface area contributed by atoms with Crippen LogP contribution < -0.4 is 11.1 Å². The van der Waals surface area contributed by atoms with Crippen LogP contribution in [0, 0.1) is 17.8 Å². The first kappa shape index (κ1) is 13.6. The molecule has 0 aromatic carbocycles. The van der Waals surface area contributed by atoms with Gasteiger partial charge >= 0.3 is 0 Å². The molecule has 5 heteroatoms. The van der Waals surface area contributed by atoms with E-state index in [-0.39, 0.29) is 12.1 Å². The van der Waals surface area contributed by atoms with Crippen molar-refractivity contribution in [3.63, 3.8) is 0 Å². The second-order valence-electron chi connectivity index (χ2n) is 7.29. The molecule has 5 N–H and O–H groups in total. The van der Waals surface area contributed by atoms with Crippen molar-refractivity contribution in [3.8, 4) is 0 Å². The lowest BCUT2D eigenvalue weighted by Crippen LogP contribution is -2.31. The third-order valence-corrected chi connectivity index (χ3v) is 6.15. The zero-order valence-corrected chi connectivity index (χ0v) is 13.0. The fraction of sp³-hybridized carbons (Fsp3) is 0.500. The van der Waals surface area contributed by atoms with Gasteiger partial charge in [0.1, 0.15) is 5.65 Å². The summed E-state index contributed by atoms with van der Waals surface area (Å²) in [4.78, 5) is 7.60. The van der Waals surface area contributed by atoms with Crippen LogP contribution in [0.5, 0.6) is 0 Å². The van der Waals surface area contributed by atoms with Crippen LogP contribution in [0.3, 0.4) is 0 Å². The summed E-state index contributed by atoms with van der Waals surface area (Å²) in [6.45, 7) is 0.471. The first-order chi connectivity index (χ1) is 11.2. The van der Waals surface area contributed by atoms with E-state index in [2.05, 4.69) is 27.4 Å². The molecule has 0 aliphatic heterocycles. The van der Waals surface area contributed by atoms with Gasteiger partial charge in [-0.25, -0.2) is 4.98 Å². The number of hydrogen-bond acceptors (Lipinski definition) is 4. The molecule has 2 fully saturated rings. The molecule has 2 bridgehead atoms. The fourth-order valence-corrected chi connectivity index (χ4v) is 5.08. The summed E-state index contributed by atoms with van der Waals surface area (Å²) in [6, 6.07) is 2.34. The first-order valence-electron chi connectivity index (χ1n) is 8.56. The maximum absolute atomic E-state index is 10.3. The average Bonchev–Trinajstić information content (AvgIpc) is 3.21. The molecule has 2 aromatic heterocycles. The van der Waals surface area contributed by atoms with Crippen LogP contribution in [0.1, 0.15) is 24.8 Å². The minimum atomic E-state index is -0.228. The number of aromatic amines is 1. The van der Waals surface area contributed by atoms with E-state index in [4.69, 9.17) is 5.73 Å². The number of pyridine rings is 1. The molecule has 3 unspecified atom stereocenters. The Kier molecular flexibility index (Phi) is 2.85. The maximum Gasteiger partial charge on any atom is 0.139 e. The molecule has 0 amide bonds. The molecule has 0 spiro atoms. The zero-order valence-electron chi connectivity index (χ0n) is 13.0. The standard InChI is InChI=1S/C18H22N4O/c19-7-11-8-21-18-12(1-2-20-18)17(11)22-15-6-14-13-4-10(15)3-9(13)5-16(14)23/h1-2,6,8-10,13,15-16,23H,3-5,7,19H2,(H2,20,21,22)/t9?,10?,13?,15-,16+/m0/s1. The number of rotatable bonds is 3. The van der Waals surface area contributed by atoms with Gasteiger partial charge in [-0.15, -0.1) is 0 Å². The molecule has 0 saturated heterocycles. The molecule has 3 aliphatic carbocycles. The first-order valence-corrected chi connectivity index (χ1v) is 8.56. The molecule has 0 radical (unpaired) electrons. The van der Waals surface area contributed by atoms with Gasteiger partial charge in [-0.1, -0.05) is 6.08 Å². The van der Waals surface area contributed by atoms with Gasteiger partial charge in [0, 0.05) is 35.9 Å². The summed E-state index contributed by atoms with van der Waals surface area (Å²) in [5.74, 6) is 1.98. The third kappa shape index (κ3) is 1.90. The van der Waals surface area contributed by atoms with Gasteiger partial charge in [-0.3, -0.25) is 0 Å². The van der Waals surface area contributed by atoms with E-state index < -0.39 is 0 Å². The Hall–Kier alpha value is -1.85. The average molecular weight is 310 g/mol. The number of hydrogen-bond donors (Lipinski definition) is 4. The highest BCUT2D eigenvalue weighted by Gasteiger charge is 2.49. The van der Waals surface area contributed by atoms with E-state index in [1.807, 2.05) is 12.4 Å². The highest BCUT2D eigenvalue weighted by molar-refractivity contribution is 5.91. The van der Waals surface area contributed by atoms with E-state index in [1.54, 1.807) is 0 Å². The fourth-order valence-electron chi connectivity index (χ4n) is 5.08. The zero-order chi connectivity index (χ0) is 15.6. The van der Waals surface area contributed by atoms with Crippen molar-refractivity contribution in [2.75, 3.05) is 5.32 Å². The highest BCUT2D eigenvalue weighted by Crippen LogP contribution is 2.54. The Balaban J connectivity index is 1.55. The van der Waals surface area contributed by atoms with Gasteiger partial charge in [0.05, 0.1) is 11.8 Å². The van der Waals surface area contributed by atoms with Crippen LogP contribution in [-0.4, -0.2) is 27.2 Å². The molecule has 2 aromatic rings. The quantitative estimate of drug-likeness (QED) is 0.654.